The highest BCUT2D eigenvalue weighted by Crippen LogP contribution is 2.22. The van der Waals surface area contributed by atoms with Gasteiger partial charge in [0, 0.05) is 10.9 Å². The normalized spacial score (nSPS) is 10.9. The van der Waals surface area contributed by atoms with Gasteiger partial charge in [-0.25, -0.2) is 4.98 Å². The fraction of sp³-hybridized carbons (Fsp3) is 0.0588. The molecule has 2 aromatic carbocycles. The fourth-order valence-electron chi connectivity index (χ4n) is 2.34. The number of hydrogen-bond acceptors (Lipinski definition) is 6. The smallest absolute Gasteiger partial charge is 0.322 e. The van der Waals surface area contributed by atoms with Crippen LogP contribution in [0.3, 0.4) is 0 Å². The summed E-state index contributed by atoms with van der Waals surface area (Å²) in [7, 11) is 0. The number of rotatable bonds is 3. The predicted octanol–water partition coefficient (Wildman–Crippen LogP) is 3.91. The van der Waals surface area contributed by atoms with E-state index in [1.807, 2.05) is 48.7 Å². The summed E-state index contributed by atoms with van der Waals surface area (Å²) in [4.78, 5) is 16.6. The summed E-state index contributed by atoms with van der Waals surface area (Å²) in [5, 5.41) is 15.2. The van der Waals surface area contributed by atoms with Crippen molar-refractivity contribution in [3.63, 3.8) is 0 Å². The van der Waals surface area contributed by atoms with Crippen LogP contribution in [0.1, 0.15) is 15.4 Å². The van der Waals surface area contributed by atoms with Crippen LogP contribution in [0.25, 0.3) is 22.4 Å². The Bertz CT molecular complexity index is 1040. The molecule has 2 aromatic heterocycles. The lowest BCUT2D eigenvalue weighted by atomic mass is 10.1. The third-order valence-electron chi connectivity index (χ3n) is 3.50. The first kappa shape index (κ1) is 14.5. The number of benzene rings is 2. The Kier molecular flexibility index (Phi) is 3.55. The van der Waals surface area contributed by atoms with E-state index in [4.69, 9.17) is 4.42 Å². The Morgan fingerprint density at radius 2 is 1.96 bits per heavy atom. The second-order valence-electron chi connectivity index (χ2n) is 5.18. The summed E-state index contributed by atoms with van der Waals surface area (Å²) in [6.45, 7) is 1.90. The van der Waals surface area contributed by atoms with E-state index in [0.29, 0.717) is 11.3 Å². The summed E-state index contributed by atoms with van der Waals surface area (Å²) in [5.74, 6) is -0.0152. The highest BCUT2D eigenvalue weighted by Gasteiger charge is 2.14. The van der Waals surface area contributed by atoms with Crippen LogP contribution in [-0.2, 0) is 0 Å². The molecule has 0 radical (unpaired) electrons. The van der Waals surface area contributed by atoms with Gasteiger partial charge in [0.05, 0.1) is 5.01 Å². The SMILES string of the molecule is Cc1nc(-c2nnc(NC(=O)c3ccc4ccccc4c3)o2)cs1. The van der Waals surface area contributed by atoms with Crippen molar-refractivity contribution in [3.8, 4) is 11.6 Å². The molecule has 0 fully saturated rings. The average molecular weight is 336 g/mol. The topological polar surface area (TPSA) is 80.9 Å². The van der Waals surface area contributed by atoms with Gasteiger partial charge in [-0.1, -0.05) is 35.4 Å². The number of nitrogens with zero attached hydrogens (tertiary/aromatic N) is 3. The van der Waals surface area contributed by atoms with E-state index < -0.39 is 0 Å². The van der Waals surface area contributed by atoms with Crippen LogP contribution in [0.15, 0.2) is 52.3 Å². The van der Waals surface area contributed by atoms with E-state index in [1.54, 1.807) is 6.07 Å². The lowest BCUT2D eigenvalue weighted by Gasteiger charge is -2.02. The van der Waals surface area contributed by atoms with Crippen LogP contribution in [0.5, 0.6) is 0 Å². The van der Waals surface area contributed by atoms with Crippen LogP contribution >= 0.6 is 11.3 Å². The van der Waals surface area contributed by atoms with E-state index in [9.17, 15) is 4.79 Å². The van der Waals surface area contributed by atoms with Gasteiger partial charge in [-0.3, -0.25) is 10.1 Å². The van der Waals surface area contributed by atoms with E-state index in [2.05, 4.69) is 20.5 Å². The van der Waals surface area contributed by atoms with Gasteiger partial charge in [-0.15, -0.1) is 16.4 Å². The summed E-state index contributed by atoms with van der Waals surface area (Å²) in [5.41, 5.74) is 1.13. The number of nitrogens with one attached hydrogen (secondary N) is 1. The van der Waals surface area contributed by atoms with Gasteiger partial charge in [0.1, 0.15) is 5.69 Å². The van der Waals surface area contributed by atoms with Gasteiger partial charge >= 0.3 is 6.01 Å². The van der Waals surface area contributed by atoms with Crippen molar-refractivity contribution in [2.24, 2.45) is 0 Å². The molecule has 7 heteroatoms. The molecule has 1 N–H and O–H groups in total. The monoisotopic (exact) mass is 336 g/mol. The summed E-state index contributed by atoms with van der Waals surface area (Å²) in [6.07, 6.45) is 0. The van der Waals surface area contributed by atoms with Crippen molar-refractivity contribution >= 4 is 34.0 Å². The van der Waals surface area contributed by atoms with Crippen molar-refractivity contribution in [3.05, 3.63) is 58.4 Å². The molecular weight excluding hydrogens is 324 g/mol. The molecule has 0 saturated heterocycles. The number of thiazole rings is 1. The van der Waals surface area contributed by atoms with Crippen LogP contribution < -0.4 is 5.32 Å². The molecule has 4 rings (SSSR count). The van der Waals surface area contributed by atoms with E-state index in [0.717, 1.165) is 15.8 Å². The predicted molar refractivity (Wildman–Crippen MR) is 92.0 cm³/mol. The Labute approximate surface area is 141 Å². The third kappa shape index (κ3) is 2.77. The molecule has 0 atom stereocenters. The molecule has 24 heavy (non-hydrogen) atoms. The van der Waals surface area contributed by atoms with Crippen molar-refractivity contribution < 1.29 is 9.21 Å². The number of fused-ring (bicyclic) bond motifs is 1. The van der Waals surface area contributed by atoms with Crippen LogP contribution in [0.4, 0.5) is 6.01 Å². The van der Waals surface area contributed by atoms with Crippen molar-refractivity contribution in [1.82, 2.24) is 15.2 Å². The molecule has 1 amide bonds. The van der Waals surface area contributed by atoms with Gasteiger partial charge in [-0.2, -0.15) is 0 Å². The minimum Gasteiger partial charge on any atom is -0.401 e. The summed E-state index contributed by atoms with van der Waals surface area (Å²) in [6, 6.07) is 13.4. The lowest BCUT2D eigenvalue weighted by molar-refractivity contribution is 0.102. The van der Waals surface area contributed by atoms with Crippen LogP contribution in [-0.4, -0.2) is 21.1 Å². The maximum atomic E-state index is 12.4. The molecular formula is C17H12N4O2S. The van der Waals surface area contributed by atoms with Gasteiger partial charge in [0.2, 0.25) is 0 Å². The number of aromatic nitrogens is 3. The first-order chi connectivity index (χ1) is 11.7. The zero-order valence-electron chi connectivity index (χ0n) is 12.7. The minimum absolute atomic E-state index is 0.0498. The first-order valence-corrected chi connectivity index (χ1v) is 8.13. The lowest BCUT2D eigenvalue weighted by Crippen LogP contribution is -2.12. The van der Waals surface area contributed by atoms with Gasteiger partial charge in [0.25, 0.3) is 11.8 Å². The van der Waals surface area contributed by atoms with E-state index >= 15 is 0 Å². The van der Waals surface area contributed by atoms with Gasteiger partial charge < -0.3 is 4.42 Å². The van der Waals surface area contributed by atoms with Crippen molar-refractivity contribution in [2.75, 3.05) is 5.32 Å². The van der Waals surface area contributed by atoms with Gasteiger partial charge in [-0.05, 0) is 29.8 Å². The number of amides is 1. The summed E-state index contributed by atoms with van der Waals surface area (Å²) >= 11 is 1.49. The molecule has 2 heterocycles. The molecule has 0 aliphatic heterocycles. The van der Waals surface area contributed by atoms with E-state index in [-0.39, 0.29) is 17.8 Å². The fourth-order valence-corrected chi connectivity index (χ4v) is 2.93. The maximum Gasteiger partial charge on any atom is 0.322 e. The van der Waals surface area contributed by atoms with E-state index in [1.165, 1.54) is 11.3 Å². The Hall–Kier alpha value is -3.06. The Balaban J connectivity index is 1.56. The number of carbonyl (C=O) groups excluding carboxylic acids is 1. The maximum absolute atomic E-state index is 12.4. The molecule has 0 saturated carbocycles. The number of aryl methyl sites for hydroxylation is 1. The van der Waals surface area contributed by atoms with Crippen LogP contribution in [0, 0.1) is 6.92 Å². The molecule has 0 unspecified atom stereocenters. The highest BCUT2D eigenvalue weighted by atomic mass is 32.1. The Morgan fingerprint density at radius 3 is 2.75 bits per heavy atom. The third-order valence-corrected chi connectivity index (χ3v) is 4.27. The number of carbonyl (C=O) groups is 1. The molecule has 0 bridgehead atoms. The summed E-state index contributed by atoms with van der Waals surface area (Å²) < 4.78 is 5.45. The largest absolute Gasteiger partial charge is 0.401 e. The Morgan fingerprint density at radius 1 is 1.12 bits per heavy atom. The van der Waals surface area contributed by atoms with Gasteiger partial charge in [0.15, 0.2) is 0 Å². The second kappa shape index (κ2) is 5.86. The minimum atomic E-state index is -0.301. The van der Waals surface area contributed by atoms with Crippen molar-refractivity contribution in [2.45, 2.75) is 6.92 Å². The molecule has 0 spiro atoms. The quantitative estimate of drug-likeness (QED) is 0.613. The van der Waals surface area contributed by atoms with Crippen LogP contribution in [0.2, 0.25) is 0 Å². The first-order valence-electron chi connectivity index (χ1n) is 7.25. The second-order valence-corrected chi connectivity index (χ2v) is 6.24. The zero-order valence-corrected chi connectivity index (χ0v) is 13.5. The molecule has 0 aliphatic carbocycles. The highest BCUT2D eigenvalue weighted by molar-refractivity contribution is 7.09. The van der Waals surface area contributed by atoms with Crippen molar-refractivity contribution in [1.29, 1.82) is 0 Å². The zero-order chi connectivity index (χ0) is 16.5. The molecule has 118 valence electrons. The molecule has 0 aliphatic rings. The number of anilines is 1. The average Bonchev–Trinajstić information content (AvgIpc) is 3.23. The molecule has 4 aromatic rings. The standard InChI is InChI=1S/C17H12N4O2S/c1-10-18-14(9-24-10)16-20-21-17(23-16)19-15(22)13-7-6-11-4-2-3-5-12(11)8-13/h2-9H,1H3,(H,19,21,22). The molecule has 6 nitrogen and oxygen atoms in total. The number of hydrogen-bond donors (Lipinski definition) is 1.